The molecular formula is C19H19Cl2NO. The van der Waals surface area contributed by atoms with E-state index in [1.54, 1.807) is 6.07 Å². The first-order valence-electron chi connectivity index (χ1n) is 7.84. The molecule has 1 aliphatic carbocycles. The van der Waals surface area contributed by atoms with Crippen LogP contribution < -0.4 is 4.90 Å². The van der Waals surface area contributed by atoms with Crippen LogP contribution in [-0.2, 0) is 10.3 Å². The summed E-state index contributed by atoms with van der Waals surface area (Å²) >= 11 is 12.5. The Kier molecular flexibility index (Phi) is 4.65. The predicted molar refractivity (Wildman–Crippen MR) is 96.3 cm³/mol. The molecule has 0 bridgehead atoms. The second kappa shape index (κ2) is 6.54. The van der Waals surface area contributed by atoms with Crippen molar-refractivity contribution in [2.75, 3.05) is 4.90 Å². The molecule has 0 heterocycles. The molecule has 2 nitrogen and oxygen atoms in total. The van der Waals surface area contributed by atoms with E-state index >= 15 is 0 Å². The lowest BCUT2D eigenvalue weighted by molar-refractivity contribution is -0.108. The molecule has 0 atom stereocenters. The molecule has 1 fully saturated rings. The predicted octanol–water partition coefficient (Wildman–Crippen LogP) is 5.73. The van der Waals surface area contributed by atoms with Crippen molar-refractivity contribution in [3.05, 3.63) is 63.6 Å². The molecule has 2 aromatic rings. The van der Waals surface area contributed by atoms with Crippen molar-refractivity contribution in [1.29, 1.82) is 0 Å². The molecule has 23 heavy (non-hydrogen) atoms. The third-order valence-electron chi connectivity index (χ3n) is 4.77. The van der Waals surface area contributed by atoms with Gasteiger partial charge in [0.15, 0.2) is 0 Å². The maximum absolute atomic E-state index is 12.1. The van der Waals surface area contributed by atoms with Crippen LogP contribution in [0.1, 0.15) is 36.8 Å². The minimum Gasteiger partial charge on any atom is -0.303 e. The zero-order chi connectivity index (χ0) is 16.4. The Labute approximate surface area is 147 Å². The van der Waals surface area contributed by atoms with Crippen LogP contribution >= 0.6 is 23.2 Å². The van der Waals surface area contributed by atoms with Gasteiger partial charge in [-0.25, -0.2) is 0 Å². The lowest BCUT2D eigenvalue weighted by Crippen LogP contribution is -2.44. The molecule has 0 unspecified atom stereocenters. The summed E-state index contributed by atoms with van der Waals surface area (Å²) in [5, 5.41) is 1.10. The minimum atomic E-state index is -0.328. The summed E-state index contributed by atoms with van der Waals surface area (Å²) in [7, 11) is 0. The first kappa shape index (κ1) is 16.4. The molecule has 0 spiro atoms. The van der Waals surface area contributed by atoms with Crippen molar-refractivity contribution in [1.82, 2.24) is 0 Å². The van der Waals surface area contributed by atoms with E-state index in [2.05, 4.69) is 12.1 Å². The monoisotopic (exact) mass is 347 g/mol. The van der Waals surface area contributed by atoms with E-state index in [0.717, 1.165) is 48.9 Å². The number of nitrogens with zero attached hydrogens (tertiary/aromatic N) is 1. The van der Waals surface area contributed by atoms with Gasteiger partial charge in [-0.15, -0.1) is 0 Å². The second-order valence-electron chi connectivity index (χ2n) is 6.13. The van der Waals surface area contributed by atoms with Gasteiger partial charge in [-0.05, 0) is 43.0 Å². The Hall–Kier alpha value is -1.51. The standard InChI is InChI=1S/C19H19Cl2NO/c1-14-11-16(20)12-17(21)18(14)22(13-23)19(9-5-6-10-19)15-7-3-2-4-8-15/h2-4,7-8,11-13H,5-6,9-10H2,1H3. The number of hydrogen-bond acceptors (Lipinski definition) is 1. The largest absolute Gasteiger partial charge is 0.303 e. The smallest absolute Gasteiger partial charge is 0.214 e. The second-order valence-corrected chi connectivity index (χ2v) is 6.98. The van der Waals surface area contributed by atoms with Gasteiger partial charge < -0.3 is 4.90 Å². The first-order chi connectivity index (χ1) is 11.1. The Morgan fingerprint density at radius 3 is 2.30 bits per heavy atom. The Morgan fingerprint density at radius 2 is 1.74 bits per heavy atom. The van der Waals surface area contributed by atoms with Gasteiger partial charge in [-0.2, -0.15) is 0 Å². The molecule has 0 aliphatic heterocycles. The van der Waals surface area contributed by atoms with Crippen molar-refractivity contribution in [3.8, 4) is 0 Å². The maximum atomic E-state index is 12.1. The highest BCUT2D eigenvalue weighted by Crippen LogP contribution is 2.47. The first-order valence-corrected chi connectivity index (χ1v) is 8.60. The third-order valence-corrected chi connectivity index (χ3v) is 5.27. The summed E-state index contributed by atoms with van der Waals surface area (Å²) < 4.78 is 0. The minimum absolute atomic E-state index is 0.328. The van der Waals surface area contributed by atoms with Crippen molar-refractivity contribution in [3.63, 3.8) is 0 Å². The van der Waals surface area contributed by atoms with E-state index < -0.39 is 0 Å². The molecular weight excluding hydrogens is 329 g/mol. The molecule has 1 saturated carbocycles. The van der Waals surface area contributed by atoms with E-state index in [-0.39, 0.29) is 5.54 Å². The zero-order valence-electron chi connectivity index (χ0n) is 13.1. The van der Waals surface area contributed by atoms with E-state index in [1.165, 1.54) is 0 Å². The van der Waals surface area contributed by atoms with Crippen LogP contribution in [0.5, 0.6) is 0 Å². The van der Waals surface area contributed by atoms with Crippen LogP contribution in [0.25, 0.3) is 0 Å². The number of anilines is 1. The molecule has 0 N–H and O–H groups in total. The van der Waals surface area contributed by atoms with Gasteiger partial charge in [0.1, 0.15) is 0 Å². The number of aryl methyl sites for hydroxylation is 1. The van der Waals surface area contributed by atoms with Gasteiger partial charge in [-0.1, -0.05) is 66.4 Å². The van der Waals surface area contributed by atoms with E-state index in [4.69, 9.17) is 23.2 Å². The SMILES string of the molecule is Cc1cc(Cl)cc(Cl)c1N(C=O)C1(c2ccccc2)CCCC1. The summed E-state index contributed by atoms with van der Waals surface area (Å²) in [5.41, 5.74) is 2.51. The number of carbonyl (C=O) groups excluding carboxylic acids is 1. The van der Waals surface area contributed by atoms with Gasteiger partial charge in [0.25, 0.3) is 0 Å². The highest BCUT2D eigenvalue weighted by atomic mass is 35.5. The Bertz CT molecular complexity index is 686. The van der Waals surface area contributed by atoms with Gasteiger partial charge in [0, 0.05) is 5.02 Å². The average Bonchev–Trinajstić information content (AvgIpc) is 3.02. The summed E-state index contributed by atoms with van der Waals surface area (Å²) in [5.74, 6) is 0. The number of carbonyl (C=O) groups is 1. The van der Waals surface area contributed by atoms with E-state index in [9.17, 15) is 4.79 Å². The molecule has 0 aromatic heterocycles. The lowest BCUT2D eigenvalue weighted by atomic mass is 9.85. The molecule has 1 aliphatic rings. The topological polar surface area (TPSA) is 20.3 Å². The molecule has 120 valence electrons. The number of amides is 1. The van der Waals surface area contributed by atoms with Gasteiger partial charge in [-0.3, -0.25) is 4.79 Å². The molecule has 0 saturated heterocycles. The summed E-state index contributed by atoms with van der Waals surface area (Å²) in [6.45, 7) is 1.94. The lowest BCUT2D eigenvalue weighted by Gasteiger charge is -2.40. The van der Waals surface area contributed by atoms with Crippen molar-refractivity contribution in [2.45, 2.75) is 38.1 Å². The Morgan fingerprint density at radius 1 is 1.09 bits per heavy atom. The summed E-state index contributed by atoms with van der Waals surface area (Å²) in [6, 6.07) is 13.8. The highest BCUT2D eigenvalue weighted by molar-refractivity contribution is 6.37. The summed E-state index contributed by atoms with van der Waals surface area (Å²) in [6.07, 6.45) is 5.00. The van der Waals surface area contributed by atoms with Crippen molar-refractivity contribution < 1.29 is 4.79 Å². The zero-order valence-corrected chi connectivity index (χ0v) is 14.6. The van der Waals surface area contributed by atoms with Crippen molar-refractivity contribution in [2.24, 2.45) is 0 Å². The number of hydrogen-bond donors (Lipinski definition) is 0. The number of benzene rings is 2. The Balaban J connectivity index is 2.17. The fourth-order valence-corrected chi connectivity index (χ4v) is 4.43. The van der Waals surface area contributed by atoms with Crippen LogP contribution in [0.4, 0.5) is 5.69 Å². The van der Waals surface area contributed by atoms with Gasteiger partial charge >= 0.3 is 0 Å². The van der Waals surface area contributed by atoms with Gasteiger partial charge in [0.2, 0.25) is 6.41 Å². The van der Waals surface area contributed by atoms with E-state index in [1.807, 2.05) is 36.1 Å². The van der Waals surface area contributed by atoms with Crippen LogP contribution in [-0.4, -0.2) is 6.41 Å². The molecule has 2 aromatic carbocycles. The van der Waals surface area contributed by atoms with Gasteiger partial charge in [0.05, 0.1) is 16.2 Å². The van der Waals surface area contributed by atoms with Crippen LogP contribution in [0, 0.1) is 6.92 Å². The van der Waals surface area contributed by atoms with Crippen LogP contribution in [0.15, 0.2) is 42.5 Å². The molecule has 0 radical (unpaired) electrons. The normalized spacial score (nSPS) is 16.3. The van der Waals surface area contributed by atoms with Crippen LogP contribution in [0.2, 0.25) is 10.0 Å². The number of rotatable bonds is 4. The fraction of sp³-hybridized carbons (Fsp3) is 0.316. The van der Waals surface area contributed by atoms with Crippen molar-refractivity contribution >= 4 is 35.3 Å². The molecule has 3 rings (SSSR count). The fourth-order valence-electron chi connectivity index (χ4n) is 3.74. The maximum Gasteiger partial charge on any atom is 0.214 e. The quantitative estimate of drug-likeness (QED) is 0.646. The van der Waals surface area contributed by atoms with Crippen LogP contribution in [0.3, 0.4) is 0 Å². The number of halogens is 2. The average molecular weight is 348 g/mol. The summed E-state index contributed by atoms with van der Waals surface area (Å²) in [4.78, 5) is 13.9. The third kappa shape index (κ3) is 2.86. The highest BCUT2D eigenvalue weighted by Gasteiger charge is 2.42. The molecule has 1 amide bonds. The molecule has 4 heteroatoms. The van der Waals surface area contributed by atoms with E-state index in [0.29, 0.717) is 10.0 Å².